The van der Waals surface area contributed by atoms with Gasteiger partial charge in [0.05, 0.1) is 16.4 Å². The molecule has 126 valence electrons. The van der Waals surface area contributed by atoms with Crippen LogP contribution in [-0.2, 0) is 0 Å². The van der Waals surface area contributed by atoms with Gasteiger partial charge in [0.15, 0.2) is 5.82 Å². The number of benzene rings is 2. The molecule has 0 aliphatic rings. The molecule has 5 aromatic rings. The van der Waals surface area contributed by atoms with Gasteiger partial charge >= 0.3 is 0 Å². The van der Waals surface area contributed by atoms with E-state index < -0.39 is 0 Å². The van der Waals surface area contributed by atoms with Crippen LogP contribution in [0.5, 0.6) is 0 Å². The molecule has 3 heterocycles. The van der Waals surface area contributed by atoms with Crippen molar-refractivity contribution >= 4 is 33.8 Å². The summed E-state index contributed by atoms with van der Waals surface area (Å²) in [7, 11) is 0. The van der Waals surface area contributed by atoms with Crippen molar-refractivity contribution in [2.24, 2.45) is 0 Å². The fraction of sp³-hybridized carbons (Fsp3) is 0.0500. The molecule has 0 amide bonds. The highest BCUT2D eigenvalue weighted by Gasteiger charge is 2.13. The number of aryl methyl sites for hydroxylation is 1. The zero-order chi connectivity index (χ0) is 17.5. The molecule has 0 aliphatic heterocycles. The molecule has 26 heavy (non-hydrogen) atoms. The monoisotopic (exact) mass is 340 g/mol. The highest BCUT2D eigenvalue weighted by Crippen LogP contribution is 2.27. The average molecular weight is 340 g/mol. The number of fused-ring (bicyclic) bond motifs is 2. The van der Waals surface area contributed by atoms with Crippen molar-refractivity contribution in [2.45, 2.75) is 6.92 Å². The first-order valence-electron chi connectivity index (χ1n) is 8.41. The Labute approximate surface area is 149 Å². The number of aromatic amines is 2. The van der Waals surface area contributed by atoms with Crippen molar-refractivity contribution < 1.29 is 0 Å². The van der Waals surface area contributed by atoms with E-state index in [1.165, 1.54) is 0 Å². The number of hydrogen-bond acceptors (Lipinski definition) is 4. The zero-order valence-corrected chi connectivity index (χ0v) is 14.1. The number of anilines is 2. The van der Waals surface area contributed by atoms with Gasteiger partial charge in [-0.1, -0.05) is 42.5 Å². The van der Waals surface area contributed by atoms with Crippen LogP contribution in [0, 0.1) is 6.92 Å². The maximum absolute atomic E-state index is 4.75. The molecule has 2 aromatic carbocycles. The van der Waals surface area contributed by atoms with Gasteiger partial charge < -0.3 is 15.3 Å². The van der Waals surface area contributed by atoms with Crippen LogP contribution in [0.2, 0.25) is 0 Å². The van der Waals surface area contributed by atoms with E-state index in [-0.39, 0.29) is 0 Å². The molecule has 5 rings (SSSR count). The second-order valence-corrected chi connectivity index (χ2v) is 6.20. The maximum atomic E-state index is 4.75. The second kappa shape index (κ2) is 5.70. The van der Waals surface area contributed by atoms with Gasteiger partial charge in [-0.15, -0.1) is 0 Å². The van der Waals surface area contributed by atoms with Gasteiger partial charge in [-0.2, -0.15) is 0 Å². The molecule has 0 fully saturated rings. The molecule has 6 nitrogen and oxygen atoms in total. The van der Waals surface area contributed by atoms with E-state index in [0.717, 1.165) is 39.1 Å². The summed E-state index contributed by atoms with van der Waals surface area (Å²) in [5, 5.41) is 4.26. The number of nitrogens with zero attached hydrogens (tertiary/aromatic N) is 3. The first kappa shape index (κ1) is 14.7. The summed E-state index contributed by atoms with van der Waals surface area (Å²) in [6.45, 7) is 2.01. The first-order chi connectivity index (χ1) is 12.8. The van der Waals surface area contributed by atoms with Crippen molar-refractivity contribution in [3.8, 4) is 11.4 Å². The van der Waals surface area contributed by atoms with Gasteiger partial charge in [-0.05, 0) is 25.1 Å². The lowest BCUT2D eigenvalue weighted by atomic mass is 10.2. The van der Waals surface area contributed by atoms with E-state index >= 15 is 0 Å². The molecule has 0 radical (unpaired) electrons. The van der Waals surface area contributed by atoms with Crippen molar-refractivity contribution in [1.29, 1.82) is 0 Å². The van der Waals surface area contributed by atoms with Gasteiger partial charge in [0, 0.05) is 11.3 Å². The molecule has 0 atom stereocenters. The molecule has 0 unspecified atom stereocenters. The smallest absolute Gasteiger partial charge is 0.206 e. The maximum Gasteiger partial charge on any atom is 0.206 e. The van der Waals surface area contributed by atoms with Gasteiger partial charge in [0.1, 0.15) is 11.5 Å². The molecular formula is C20H16N6. The van der Waals surface area contributed by atoms with Crippen LogP contribution in [-0.4, -0.2) is 24.9 Å². The number of rotatable bonds is 3. The van der Waals surface area contributed by atoms with Crippen LogP contribution in [0.15, 0.2) is 60.7 Å². The minimum atomic E-state index is 0.657. The highest BCUT2D eigenvalue weighted by molar-refractivity contribution is 5.91. The number of para-hydroxylation sites is 2. The van der Waals surface area contributed by atoms with E-state index in [1.54, 1.807) is 0 Å². The van der Waals surface area contributed by atoms with Crippen LogP contribution >= 0.6 is 0 Å². The topological polar surface area (TPSA) is 82.3 Å². The normalized spacial score (nSPS) is 11.3. The molecular weight excluding hydrogens is 324 g/mol. The standard InChI is InChI=1S/C20H16N6/c1-12-11-14-18(21-12)24-17(13-7-3-2-4-8-13)25-19(14)26-20-22-15-9-5-6-10-16(15)23-20/h2-11H,1H3,(H3,21,22,23,24,25,26). The van der Waals surface area contributed by atoms with Crippen molar-refractivity contribution in [2.75, 3.05) is 5.32 Å². The fourth-order valence-electron chi connectivity index (χ4n) is 3.08. The SMILES string of the molecule is Cc1cc2c(Nc3nc4ccccc4[nH]3)nc(-c3ccccc3)nc2[nH]1. The summed E-state index contributed by atoms with van der Waals surface area (Å²) in [6, 6.07) is 19.9. The first-order valence-corrected chi connectivity index (χ1v) is 8.41. The summed E-state index contributed by atoms with van der Waals surface area (Å²) < 4.78 is 0. The summed E-state index contributed by atoms with van der Waals surface area (Å²) in [5.41, 5.74) is 4.69. The summed E-state index contributed by atoms with van der Waals surface area (Å²) in [5.74, 6) is 2.04. The Morgan fingerprint density at radius 3 is 2.50 bits per heavy atom. The third kappa shape index (κ3) is 2.48. The van der Waals surface area contributed by atoms with Gasteiger partial charge in [-0.25, -0.2) is 15.0 Å². The van der Waals surface area contributed by atoms with Crippen molar-refractivity contribution in [3.63, 3.8) is 0 Å². The van der Waals surface area contributed by atoms with E-state index in [0.29, 0.717) is 11.8 Å². The Morgan fingerprint density at radius 1 is 0.846 bits per heavy atom. The Hall–Kier alpha value is -3.67. The van der Waals surface area contributed by atoms with Crippen LogP contribution < -0.4 is 5.32 Å². The van der Waals surface area contributed by atoms with E-state index in [4.69, 9.17) is 4.98 Å². The average Bonchev–Trinajstić information content (AvgIpc) is 3.24. The molecule has 0 spiro atoms. The minimum Gasteiger partial charge on any atom is -0.343 e. The molecule has 0 saturated heterocycles. The Kier molecular flexibility index (Phi) is 3.21. The van der Waals surface area contributed by atoms with Crippen LogP contribution in [0.25, 0.3) is 33.5 Å². The van der Waals surface area contributed by atoms with Gasteiger partial charge in [0.25, 0.3) is 0 Å². The van der Waals surface area contributed by atoms with E-state index in [1.807, 2.05) is 67.6 Å². The number of aromatic nitrogens is 5. The van der Waals surface area contributed by atoms with Crippen molar-refractivity contribution in [3.05, 3.63) is 66.4 Å². The van der Waals surface area contributed by atoms with Crippen LogP contribution in [0.3, 0.4) is 0 Å². The van der Waals surface area contributed by atoms with Gasteiger partial charge in [0.2, 0.25) is 5.95 Å². The zero-order valence-electron chi connectivity index (χ0n) is 14.1. The van der Waals surface area contributed by atoms with E-state index in [2.05, 4.69) is 25.3 Å². The van der Waals surface area contributed by atoms with Crippen molar-refractivity contribution in [1.82, 2.24) is 24.9 Å². The van der Waals surface area contributed by atoms with Crippen LogP contribution in [0.4, 0.5) is 11.8 Å². The van der Waals surface area contributed by atoms with E-state index in [9.17, 15) is 0 Å². The molecule has 3 N–H and O–H groups in total. The lowest BCUT2D eigenvalue weighted by Gasteiger charge is -2.07. The third-order valence-electron chi connectivity index (χ3n) is 4.28. The molecule has 6 heteroatoms. The Morgan fingerprint density at radius 2 is 1.65 bits per heavy atom. The quantitative estimate of drug-likeness (QED) is 0.450. The van der Waals surface area contributed by atoms with Crippen LogP contribution in [0.1, 0.15) is 5.69 Å². The number of nitrogens with one attached hydrogen (secondary N) is 3. The Bertz CT molecular complexity index is 1190. The summed E-state index contributed by atoms with van der Waals surface area (Å²) in [4.78, 5) is 20.6. The third-order valence-corrected chi connectivity index (χ3v) is 4.28. The number of H-pyrrole nitrogens is 2. The number of hydrogen-bond donors (Lipinski definition) is 3. The molecule has 0 bridgehead atoms. The lowest BCUT2D eigenvalue weighted by Crippen LogP contribution is -1.99. The molecule has 0 saturated carbocycles. The summed E-state index contributed by atoms with van der Waals surface area (Å²) in [6.07, 6.45) is 0. The minimum absolute atomic E-state index is 0.657. The Balaban J connectivity index is 1.65. The lowest BCUT2D eigenvalue weighted by molar-refractivity contribution is 1.18. The predicted octanol–water partition coefficient (Wildman–Crippen LogP) is 4.55. The largest absolute Gasteiger partial charge is 0.343 e. The predicted molar refractivity (Wildman–Crippen MR) is 103 cm³/mol. The van der Waals surface area contributed by atoms with Gasteiger partial charge in [-0.3, -0.25) is 0 Å². The second-order valence-electron chi connectivity index (χ2n) is 6.20. The fourth-order valence-corrected chi connectivity index (χ4v) is 3.08. The summed E-state index contributed by atoms with van der Waals surface area (Å²) >= 11 is 0. The molecule has 3 aromatic heterocycles. The molecule has 0 aliphatic carbocycles. The highest BCUT2D eigenvalue weighted by atomic mass is 15.2. The number of imidazole rings is 1.